The zero-order valence-electron chi connectivity index (χ0n) is 23.5. The summed E-state index contributed by atoms with van der Waals surface area (Å²) in [4.78, 5) is 27.4. The van der Waals surface area contributed by atoms with Gasteiger partial charge in [-0.2, -0.15) is 0 Å². The number of benzene rings is 3. The largest absolute Gasteiger partial charge is 0.395 e. The van der Waals surface area contributed by atoms with Gasteiger partial charge in [0.05, 0.1) is 27.5 Å². The first-order valence-electron chi connectivity index (χ1n) is 14.0. The van der Waals surface area contributed by atoms with Gasteiger partial charge in [-0.25, -0.2) is 12.8 Å². The van der Waals surface area contributed by atoms with Crippen molar-refractivity contribution in [1.82, 2.24) is 10.2 Å². The molecule has 10 nitrogen and oxygen atoms in total. The third-order valence-corrected chi connectivity index (χ3v) is 10.6. The molecule has 1 amide bonds. The fourth-order valence-electron chi connectivity index (χ4n) is 6.83. The minimum Gasteiger partial charge on any atom is -0.395 e. The highest BCUT2D eigenvalue weighted by atomic mass is 35.5. The van der Waals surface area contributed by atoms with Crippen LogP contribution in [0.3, 0.4) is 0 Å². The molecule has 6 rings (SSSR count). The van der Waals surface area contributed by atoms with E-state index in [-0.39, 0.29) is 33.5 Å². The number of carbonyl (C=O) groups excluding carboxylic acids is 1. The van der Waals surface area contributed by atoms with Crippen molar-refractivity contribution >= 4 is 50.3 Å². The number of hydrogen-bond acceptors (Lipinski definition) is 8. The van der Waals surface area contributed by atoms with Crippen LogP contribution in [0.2, 0.25) is 10.0 Å². The molecule has 3 aliphatic rings. The molecular weight excluding hydrogens is 634 g/mol. The summed E-state index contributed by atoms with van der Waals surface area (Å²) in [5, 5.41) is 29.4. The Morgan fingerprint density at radius 1 is 1.18 bits per heavy atom. The Morgan fingerprint density at radius 3 is 2.59 bits per heavy atom. The fourth-order valence-corrected chi connectivity index (χ4v) is 7.82. The van der Waals surface area contributed by atoms with Crippen molar-refractivity contribution in [3.05, 3.63) is 97.3 Å². The average molecular weight is 664 g/mol. The summed E-state index contributed by atoms with van der Waals surface area (Å²) in [5.74, 6) is -1.81. The third kappa shape index (κ3) is 5.07. The number of nitro groups is 1. The van der Waals surface area contributed by atoms with Crippen LogP contribution in [0.4, 0.5) is 15.8 Å². The van der Waals surface area contributed by atoms with Gasteiger partial charge in [0.1, 0.15) is 11.4 Å². The van der Waals surface area contributed by atoms with Gasteiger partial charge in [-0.15, -0.1) is 0 Å². The van der Waals surface area contributed by atoms with E-state index in [4.69, 9.17) is 23.2 Å². The Morgan fingerprint density at radius 2 is 1.93 bits per heavy atom. The van der Waals surface area contributed by atoms with Gasteiger partial charge in [0.15, 0.2) is 9.84 Å². The number of fused-ring (bicyclic) bond motifs is 2. The van der Waals surface area contributed by atoms with Gasteiger partial charge in [-0.05, 0) is 54.7 Å². The highest BCUT2D eigenvalue weighted by Gasteiger charge is 2.67. The lowest BCUT2D eigenvalue weighted by atomic mass is 9.73. The summed E-state index contributed by atoms with van der Waals surface area (Å²) in [5.41, 5.74) is -0.518. The molecule has 2 heterocycles. The van der Waals surface area contributed by atoms with Crippen LogP contribution in [0.25, 0.3) is 0 Å². The number of anilines is 1. The number of aliphatic hydroxyl groups is 1. The summed E-state index contributed by atoms with van der Waals surface area (Å²) in [6, 6.07) is 11.7. The van der Waals surface area contributed by atoms with E-state index in [1.54, 1.807) is 30.3 Å². The first-order chi connectivity index (χ1) is 20.9. The highest BCUT2D eigenvalue weighted by Crippen LogP contribution is 2.58. The van der Waals surface area contributed by atoms with Crippen LogP contribution in [-0.2, 0) is 26.7 Å². The molecule has 1 saturated carbocycles. The van der Waals surface area contributed by atoms with Gasteiger partial charge >= 0.3 is 0 Å². The van der Waals surface area contributed by atoms with E-state index < -0.39 is 62.3 Å². The highest BCUT2D eigenvalue weighted by molar-refractivity contribution is 7.90. The number of likely N-dealkylation sites (tertiary alicyclic amines) is 1. The summed E-state index contributed by atoms with van der Waals surface area (Å²) in [7, 11) is -3.71. The molecule has 3 aromatic carbocycles. The summed E-state index contributed by atoms with van der Waals surface area (Å²) in [6.07, 6.45) is 2.84. The summed E-state index contributed by atoms with van der Waals surface area (Å²) < 4.78 is 40.2. The molecule has 2 aliphatic heterocycles. The molecule has 0 unspecified atom stereocenters. The molecule has 3 aromatic rings. The van der Waals surface area contributed by atoms with Crippen LogP contribution in [0, 0.1) is 21.8 Å². The van der Waals surface area contributed by atoms with Crippen molar-refractivity contribution in [2.75, 3.05) is 24.7 Å². The predicted molar refractivity (Wildman–Crippen MR) is 163 cm³/mol. The van der Waals surface area contributed by atoms with Gasteiger partial charge in [0.2, 0.25) is 5.91 Å². The van der Waals surface area contributed by atoms with E-state index in [1.807, 2.05) is 4.90 Å². The van der Waals surface area contributed by atoms with E-state index in [0.29, 0.717) is 22.8 Å². The number of carbonyl (C=O) groups is 1. The van der Waals surface area contributed by atoms with Gasteiger partial charge in [-0.1, -0.05) is 41.4 Å². The van der Waals surface area contributed by atoms with E-state index >= 15 is 4.39 Å². The fraction of sp³-hybridized carbons (Fsp3) is 0.367. The number of nitrogens with one attached hydrogen (secondary N) is 2. The molecule has 1 aliphatic carbocycles. The maximum atomic E-state index is 16.0. The number of sulfone groups is 1. The maximum Gasteiger partial charge on any atom is 0.275 e. The third-order valence-electron chi connectivity index (χ3n) is 8.93. The second kappa shape index (κ2) is 11.3. The molecule has 0 bridgehead atoms. The smallest absolute Gasteiger partial charge is 0.275 e. The number of nitrogens with zero attached hydrogens (tertiary/aromatic N) is 2. The Balaban J connectivity index is 1.53. The molecule has 0 radical (unpaired) electrons. The number of rotatable bonds is 9. The lowest BCUT2D eigenvalue weighted by molar-refractivity contribution is -0.385. The second-order valence-corrected chi connectivity index (χ2v) is 14.5. The van der Waals surface area contributed by atoms with Crippen molar-refractivity contribution in [2.24, 2.45) is 5.92 Å². The van der Waals surface area contributed by atoms with Crippen LogP contribution < -0.4 is 10.6 Å². The van der Waals surface area contributed by atoms with Gasteiger partial charge in [0.25, 0.3) is 5.69 Å². The standard InChI is InChI=1S/C30H29Cl2FN4O6S/c1-44(42,43)19-9-7-17(24(12-19)37(40)41)13-34-28-25(15-38)36(14-16-5-6-16)30(26(28)20-3-2-4-22(32)27(20)33)21-10-8-18(31)11-23(21)35-29(30)39/h2-4,7-12,16,25-26,28,34,38H,5-6,13-15H2,1H3,(H,35,39)/t25-,26-,28+,30+/m1/s1. The van der Waals surface area contributed by atoms with Crippen molar-refractivity contribution < 1.29 is 27.6 Å². The zero-order valence-corrected chi connectivity index (χ0v) is 25.8. The van der Waals surface area contributed by atoms with E-state index in [9.17, 15) is 28.4 Å². The molecule has 0 aromatic heterocycles. The van der Waals surface area contributed by atoms with Crippen LogP contribution in [0.15, 0.2) is 59.5 Å². The van der Waals surface area contributed by atoms with Crippen molar-refractivity contribution in [2.45, 2.75) is 47.8 Å². The number of hydrogen-bond donors (Lipinski definition) is 3. The number of nitro benzene ring substituents is 1. The van der Waals surface area contributed by atoms with E-state index in [2.05, 4.69) is 10.6 Å². The Bertz CT molecular complexity index is 1790. The molecule has 232 valence electrons. The van der Waals surface area contributed by atoms with Crippen molar-refractivity contribution in [3.63, 3.8) is 0 Å². The second-order valence-electron chi connectivity index (χ2n) is 11.6. The first kappa shape index (κ1) is 30.9. The van der Waals surface area contributed by atoms with Crippen LogP contribution in [-0.4, -0.2) is 60.7 Å². The molecule has 14 heteroatoms. The van der Waals surface area contributed by atoms with Crippen LogP contribution in [0.5, 0.6) is 0 Å². The minimum atomic E-state index is -3.71. The normalized spacial score (nSPS) is 24.9. The van der Waals surface area contributed by atoms with Gasteiger partial charge < -0.3 is 15.7 Å². The van der Waals surface area contributed by atoms with E-state index in [1.165, 1.54) is 18.2 Å². The van der Waals surface area contributed by atoms with Crippen LogP contribution in [0.1, 0.15) is 35.4 Å². The number of amides is 1. The van der Waals surface area contributed by atoms with Crippen LogP contribution >= 0.6 is 23.2 Å². The molecule has 1 spiro atoms. The molecule has 2 fully saturated rings. The average Bonchev–Trinajstić information content (AvgIpc) is 3.69. The number of halogens is 3. The Hall–Kier alpha value is -3.13. The Kier molecular flexibility index (Phi) is 7.96. The minimum absolute atomic E-state index is 0.136. The number of aliphatic hydroxyl groups excluding tert-OH is 1. The monoisotopic (exact) mass is 662 g/mol. The molecule has 3 N–H and O–H groups in total. The zero-order chi connectivity index (χ0) is 31.6. The van der Waals surface area contributed by atoms with Gasteiger partial charge in [-0.3, -0.25) is 19.8 Å². The van der Waals surface area contributed by atoms with E-state index in [0.717, 1.165) is 25.2 Å². The molecule has 44 heavy (non-hydrogen) atoms. The summed E-state index contributed by atoms with van der Waals surface area (Å²) >= 11 is 12.6. The SMILES string of the molecule is CS(=O)(=O)c1ccc(CN[C@H]2[C@@H](CO)N(CC3CC3)[C@]3(C(=O)Nc4cc(Cl)ccc43)[C@@H]2c2cccc(Cl)c2F)c([N+](=O)[O-])c1. The lowest BCUT2D eigenvalue weighted by Gasteiger charge is -2.39. The first-order valence-corrected chi connectivity index (χ1v) is 16.7. The topological polar surface area (TPSA) is 142 Å². The molecule has 1 saturated heterocycles. The molecular formula is C30H29Cl2FN4O6S. The Labute approximate surface area is 263 Å². The lowest BCUT2D eigenvalue weighted by Crippen LogP contribution is -2.53. The van der Waals surface area contributed by atoms with Gasteiger partial charge in [0, 0.05) is 59.2 Å². The molecule has 4 atom stereocenters. The van der Waals surface area contributed by atoms with Crippen molar-refractivity contribution in [3.8, 4) is 0 Å². The summed E-state index contributed by atoms with van der Waals surface area (Å²) in [6.45, 7) is -0.0977. The predicted octanol–water partition coefficient (Wildman–Crippen LogP) is 4.62. The van der Waals surface area contributed by atoms with Crippen molar-refractivity contribution in [1.29, 1.82) is 0 Å². The quantitative estimate of drug-likeness (QED) is 0.223. The maximum absolute atomic E-state index is 16.0.